The fourth-order valence-electron chi connectivity index (χ4n) is 4.58. The number of piperidine rings is 1. The van der Waals surface area contributed by atoms with Gasteiger partial charge in [0.05, 0.1) is 11.1 Å². The van der Waals surface area contributed by atoms with E-state index in [0.717, 1.165) is 30.6 Å². The van der Waals surface area contributed by atoms with Crippen molar-refractivity contribution in [2.45, 2.75) is 63.6 Å². The number of benzene rings is 1. The Morgan fingerprint density at radius 1 is 1.10 bits per heavy atom. The lowest BCUT2D eigenvalue weighted by Gasteiger charge is -2.28. The lowest BCUT2D eigenvalue weighted by Crippen LogP contribution is -2.54. The summed E-state index contributed by atoms with van der Waals surface area (Å²) in [7, 11) is 1.65. The minimum atomic E-state index is -1.01. The largest absolute Gasteiger partial charge is 0.335 e. The van der Waals surface area contributed by atoms with Gasteiger partial charge in [-0.15, -0.1) is 0 Å². The molecule has 4 rings (SSSR count). The third kappa shape index (κ3) is 4.04. The van der Waals surface area contributed by atoms with Crippen LogP contribution in [0.15, 0.2) is 18.2 Å². The number of imide groups is 2. The van der Waals surface area contributed by atoms with Crippen molar-refractivity contribution in [1.29, 1.82) is 0 Å². The Kier molecular flexibility index (Phi) is 5.75. The first-order chi connectivity index (χ1) is 14.9. The Morgan fingerprint density at radius 2 is 1.84 bits per heavy atom. The van der Waals surface area contributed by atoms with Crippen LogP contribution < -0.4 is 10.6 Å². The fraction of sp³-hybridized carbons (Fsp3) is 0.500. The summed E-state index contributed by atoms with van der Waals surface area (Å²) >= 11 is 0. The SMILES string of the molecule is CN(Cc1cccc2c1C(=O)N(C1CCC(=O)NC1=O)C2=O)C(=O)NC1CCCCC1. The van der Waals surface area contributed by atoms with Crippen molar-refractivity contribution in [3.63, 3.8) is 0 Å². The molecule has 1 unspecified atom stereocenters. The van der Waals surface area contributed by atoms with Gasteiger partial charge >= 0.3 is 6.03 Å². The molecule has 1 saturated carbocycles. The molecule has 6 amide bonds. The highest BCUT2D eigenvalue weighted by Gasteiger charge is 2.45. The molecule has 1 aromatic carbocycles. The van der Waals surface area contributed by atoms with Crippen LogP contribution in [0.3, 0.4) is 0 Å². The number of fused-ring (bicyclic) bond motifs is 1. The molecule has 9 heteroatoms. The number of amides is 6. The van der Waals surface area contributed by atoms with Crippen molar-refractivity contribution in [3.05, 3.63) is 34.9 Å². The molecule has 0 spiro atoms. The Balaban J connectivity index is 1.51. The monoisotopic (exact) mass is 426 g/mol. The summed E-state index contributed by atoms with van der Waals surface area (Å²) in [5.41, 5.74) is 0.981. The predicted molar refractivity (Wildman–Crippen MR) is 110 cm³/mol. The van der Waals surface area contributed by atoms with Crippen LogP contribution >= 0.6 is 0 Å². The number of hydrogen-bond acceptors (Lipinski definition) is 5. The molecule has 2 fully saturated rings. The first-order valence-corrected chi connectivity index (χ1v) is 10.7. The predicted octanol–water partition coefficient (Wildman–Crippen LogP) is 1.56. The topological polar surface area (TPSA) is 116 Å². The van der Waals surface area contributed by atoms with Crippen LogP contribution in [0.4, 0.5) is 4.79 Å². The summed E-state index contributed by atoms with van der Waals surface area (Å²) in [5.74, 6) is -2.17. The molecule has 0 radical (unpaired) electrons. The zero-order chi connectivity index (χ0) is 22.1. The first kappa shape index (κ1) is 21.0. The minimum absolute atomic E-state index is 0.0702. The number of urea groups is 1. The van der Waals surface area contributed by atoms with Crippen molar-refractivity contribution >= 4 is 29.7 Å². The highest BCUT2D eigenvalue weighted by molar-refractivity contribution is 6.24. The molecular formula is C22H26N4O5. The van der Waals surface area contributed by atoms with Crippen LogP contribution in [0.5, 0.6) is 0 Å². The number of nitrogens with zero attached hydrogens (tertiary/aromatic N) is 2. The summed E-state index contributed by atoms with van der Waals surface area (Å²) in [6, 6.07) is 3.86. The van der Waals surface area contributed by atoms with Gasteiger partial charge in [-0.05, 0) is 30.9 Å². The summed E-state index contributed by atoms with van der Waals surface area (Å²) < 4.78 is 0. The van der Waals surface area contributed by atoms with E-state index >= 15 is 0 Å². The molecule has 31 heavy (non-hydrogen) atoms. The molecule has 0 bridgehead atoms. The highest BCUT2D eigenvalue weighted by Crippen LogP contribution is 2.30. The summed E-state index contributed by atoms with van der Waals surface area (Å²) in [4.78, 5) is 64.8. The standard InChI is InChI=1S/C22H26N4O5/c1-25(22(31)23-14-7-3-2-4-8-14)12-13-6-5-9-15-18(13)21(30)26(20(15)29)16-10-11-17(27)24-19(16)28/h5-6,9,14,16H,2-4,7-8,10-12H2,1H3,(H,23,31)(H,24,27,28). The van der Waals surface area contributed by atoms with Gasteiger partial charge in [-0.25, -0.2) is 4.79 Å². The van der Waals surface area contributed by atoms with Gasteiger partial charge in [-0.2, -0.15) is 0 Å². The van der Waals surface area contributed by atoms with Gasteiger partial charge in [-0.3, -0.25) is 29.4 Å². The summed E-state index contributed by atoms with van der Waals surface area (Å²) in [6.07, 6.45) is 5.51. The quantitative estimate of drug-likeness (QED) is 0.709. The van der Waals surface area contributed by atoms with Gasteiger partial charge in [0.25, 0.3) is 11.8 Å². The lowest BCUT2D eigenvalue weighted by atomic mass is 9.96. The second-order valence-corrected chi connectivity index (χ2v) is 8.43. The van der Waals surface area contributed by atoms with Gasteiger partial charge in [0, 0.05) is 26.1 Å². The number of nitrogens with one attached hydrogen (secondary N) is 2. The van der Waals surface area contributed by atoms with Gasteiger partial charge in [0.2, 0.25) is 11.8 Å². The highest BCUT2D eigenvalue weighted by atomic mass is 16.2. The number of carbonyl (C=O) groups excluding carboxylic acids is 5. The summed E-state index contributed by atoms with van der Waals surface area (Å²) in [5, 5.41) is 5.23. The van der Waals surface area contributed by atoms with Crippen LogP contribution in [0.1, 0.15) is 71.2 Å². The second-order valence-electron chi connectivity index (χ2n) is 8.43. The maximum atomic E-state index is 13.1. The Hall–Kier alpha value is -3.23. The van der Waals surface area contributed by atoms with Gasteiger partial charge < -0.3 is 10.2 Å². The van der Waals surface area contributed by atoms with Crippen LogP contribution in [0.25, 0.3) is 0 Å². The molecule has 164 valence electrons. The van der Waals surface area contributed by atoms with E-state index in [1.165, 1.54) is 11.3 Å². The van der Waals surface area contributed by atoms with Gasteiger partial charge in [-0.1, -0.05) is 31.4 Å². The van der Waals surface area contributed by atoms with E-state index < -0.39 is 29.7 Å². The normalized spacial score (nSPS) is 21.7. The Morgan fingerprint density at radius 3 is 2.55 bits per heavy atom. The smallest absolute Gasteiger partial charge is 0.317 e. The second kappa shape index (κ2) is 8.49. The number of hydrogen-bond donors (Lipinski definition) is 2. The Labute approximate surface area is 180 Å². The third-order valence-electron chi connectivity index (χ3n) is 6.24. The first-order valence-electron chi connectivity index (χ1n) is 10.7. The van der Waals surface area contributed by atoms with Crippen LogP contribution in [0.2, 0.25) is 0 Å². The van der Waals surface area contributed by atoms with Crippen LogP contribution in [0, 0.1) is 0 Å². The average molecular weight is 426 g/mol. The van der Waals surface area contributed by atoms with Gasteiger partial charge in [0.1, 0.15) is 6.04 Å². The minimum Gasteiger partial charge on any atom is -0.335 e. The lowest BCUT2D eigenvalue weighted by molar-refractivity contribution is -0.136. The van der Waals surface area contributed by atoms with E-state index in [1.54, 1.807) is 25.2 Å². The molecule has 3 aliphatic rings. The average Bonchev–Trinajstić information content (AvgIpc) is 3.00. The molecule has 1 saturated heterocycles. The van der Waals surface area contributed by atoms with E-state index in [-0.39, 0.29) is 42.6 Å². The van der Waals surface area contributed by atoms with E-state index in [0.29, 0.717) is 5.56 Å². The molecule has 2 N–H and O–H groups in total. The molecule has 1 aliphatic carbocycles. The molecule has 2 heterocycles. The third-order valence-corrected chi connectivity index (χ3v) is 6.24. The van der Waals surface area contributed by atoms with Crippen molar-refractivity contribution in [2.75, 3.05) is 7.05 Å². The van der Waals surface area contributed by atoms with E-state index in [4.69, 9.17) is 0 Å². The van der Waals surface area contributed by atoms with E-state index in [9.17, 15) is 24.0 Å². The fourth-order valence-corrected chi connectivity index (χ4v) is 4.58. The number of rotatable bonds is 4. The number of carbonyl (C=O) groups is 5. The zero-order valence-electron chi connectivity index (χ0n) is 17.5. The van der Waals surface area contributed by atoms with Crippen LogP contribution in [-0.4, -0.2) is 58.6 Å². The molecule has 0 aromatic heterocycles. The molecule has 2 aliphatic heterocycles. The maximum absolute atomic E-state index is 13.1. The molecule has 1 aromatic rings. The van der Waals surface area contributed by atoms with Gasteiger partial charge in [0.15, 0.2) is 0 Å². The summed E-state index contributed by atoms with van der Waals surface area (Å²) in [6.45, 7) is 0.157. The van der Waals surface area contributed by atoms with Crippen molar-refractivity contribution in [3.8, 4) is 0 Å². The van der Waals surface area contributed by atoms with E-state index in [1.807, 2.05) is 0 Å². The maximum Gasteiger partial charge on any atom is 0.317 e. The molecule has 9 nitrogen and oxygen atoms in total. The van der Waals surface area contributed by atoms with Crippen molar-refractivity contribution < 1.29 is 24.0 Å². The molecule has 1 atom stereocenters. The van der Waals surface area contributed by atoms with E-state index in [2.05, 4.69) is 10.6 Å². The zero-order valence-corrected chi connectivity index (χ0v) is 17.5. The Bertz CT molecular complexity index is 953. The molecular weight excluding hydrogens is 400 g/mol. The van der Waals surface area contributed by atoms with Crippen molar-refractivity contribution in [1.82, 2.24) is 20.4 Å². The van der Waals surface area contributed by atoms with Crippen LogP contribution in [-0.2, 0) is 16.1 Å². The van der Waals surface area contributed by atoms with Crippen molar-refractivity contribution in [2.24, 2.45) is 0 Å².